The number of ether oxygens (including phenoxy) is 1. The molecule has 1 atom stereocenters. The first kappa shape index (κ1) is 20.3. The summed E-state index contributed by atoms with van der Waals surface area (Å²) in [7, 11) is 1.48. The fourth-order valence-electron chi connectivity index (χ4n) is 2.87. The number of carbonyl (C=O) groups is 2. The van der Waals surface area contributed by atoms with E-state index >= 15 is 0 Å². The van der Waals surface area contributed by atoms with Crippen molar-refractivity contribution in [2.75, 3.05) is 25.1 Å². The van der Waals surface area contributed by atoms with Crippen molar-refractivity contribution in [3.05, 3.63) is 66.4 Å². The average molecular weight is 392 g/mol. The van der Waals surface area contributed by atoms with E-state index < -0.39 is 6.10 Å². The number of rotatable bonds is 8. The summed E-state index contributed by atoms with van der Waals surface area (Å²) in [6, 6.07) is 17.1. The van der Waals surface area contributed by atoms with Crippen molar-refractivity contribution in [1.82, 2.24) is 15.5 Å². The summed E-state index contributed by atoms with van der Waals surface area (Å²) < 4.78 is 5.00. The number of hydrogen-bond acceptors (Lipinski definition) is 4. The van der Waals surface area contributed by atoms with Gasteiger partial charge in [0.25, 0.3) is 5.91 Å². The summed E-state index contributed by atoms with van der Waals surface area (Å²) in [6.07, 6.45) is 2.65. The van der Waals surface area contributed by atoms with Crippen LogP contribution in [0.1, 0.15) is 12.6 Å². The Kier molecular flexibility index (Phi) is 6.76. The monoisotopic (exact) mass is 392 g/mol. The largest absolute Gasteiger partial charge is 0.372 e. The molecule has 1 aromatic heterocycles. The molecule has 1 heterocycles. The van der Waals surface area contributed by atoms with Gasteiger partial charge in [-0.3, -0.25) is 14.7 Å². The smallest absolute Gasteiger partial charge is 0.251 e. The van der Waals surface area contributed by atoms with E-state index in [-0.39, 0.29) is 11.8 Å². The van der Waals surface area contributed by atoms with Gasteiger partial charge in [-0.2, -0.15) is 5.10 Å². The van der Waals surface area contributed by atoms with E-state index in [4.69, 9.17) is 4.74 Å². The Morgan fingerprint density at radius 3 is 2.66 bits per heavy atom. The minimum absolute atomic E-state index is 0.197. The van der Waals surface area contributed by atoms with Gasteiger partial charge in [0.15, 0.2) is 0 Å². The molecule has 3 aromatic rings. The zero-order chi connectivity index (χ0) is 20.6. The lowest BCUT2D eigenvalue weighted by atomic mass is 10.2. The molecule has 29 heavy (non-hydrogen) atoms. The maximum absolute atomic E-state index is 12.9. The van der Waals surface area contributed by atoms with Crippen molar-refractivity contribution in [1.29, 1.82) is 0 Å². The number of fused-ring (bicyclic) bond motifs is 1. The predicted octanol–water partition coefficient (Wildman–Crippen LogP) is 2.76. The van der Waals surface area contributed by atoms with E-state index in [9.17, 15) is 9.59 Å². The molecule has 7 nitrogen and oxygen atoms in total. The second-order valence-corrected chi connectivity index (χ2v) is 6.48. The number of aromatic nitrogens is 2. The Bertz CT molecular complexity index is 997. The van der Waals surface area contributed by atoms with Gasteiger partial charge in [0, 0.05) is 37.3 Å². The maximum Gasteiger partial charge on any atom is 0.251 e. The Morgan fingerprint density at radius 2 is 1.90 bits per heavy atom. The number of anilines is 1. The standard InChI is InChI=1S/C22H24N4O3/c1-16(29-2)22(28)23-14-15-26(17-8-4-3-5-9-17)21(27)13-12-20-18-10-6-7-11-19(18)24-25-20/h3-13,16H,14-15H2,1-2H3,(H,23,28)(H,24,25)/b13-12+/t16-/m1/s1. The van der Waals surface area contributed by atoms with Gasteiger partial charge in [-0.05, 0) is 31.2 Å². The van der Waals surface area contributed by atoms with Crippen LogP contribution in [0.15, 0.2) is 60.7 Å². The first-order chi connectivity index (χ1) is 14.1. The number of amides is 2. The number of carbonyl (C=O) groups excluding carboxylic acids is 2. The molecule has 3 rings (SSSR count). The van der Waals surface area contributed by atoms with Crippen molar-refractivity contribution >= 4 is 34.5 Å². The highest BCUT2D eigenvalue weighted by molar-refractivity contribution is 6.04. The minimum atomic E-state index is -0.538. The number of nitrogens with one attached hydrogen (secondary N) is 2. The maximum atomic E-state index is 12.9. The summed E-state index contributed by atoms with van der Waals surface area (Å²) in [5.41, 5.74) is 2.36. The Morgan fingerprint density at radius 1 is 1.17 bits per heavy atom. The van der Waals surface area contributed by atoms with Gasteiger partial charge >= 0.3 is 0 Å². The summed E-state index contributed by atoms with van der Waals surface area (Å²) in [5.74, 6) is -0.413. The van der Waals surface area contributed by atoms with Crippen LogP contribution in [0.5, 0.6) is 0 Å². The van der Waals surface area contributed by atoms with Crippen LogP contribution in [-0.4, -0.2) is 48.3 Å². The molecule has 2 aromatic carbocycles. The molecule has 0 saturated carbocycles. The van der Waals surface area contributed by atoms with E-state index in [1.165, 1.54) is 13.2 Å². The molecule has 0 unspecified atom stereocenters. The third-order valence-electron chi connectivity index (χ3n) is 4.57. The van der Waals surface area contributed by atoms with Gasteiger partial charge in [0.1, 0.15) is 6.10 Å². The number of para-hydroxylation sites is 2. The fraction of sp³-hybridized carbons (Fsp3) is 0.227. The second-order valence-electron chi connectivity index (χ2n) is 6.48. The first-order valence-corrected chi connectivity index (χ1v) is 9.38. The van der Waals surface area contributed by atoms with E-state index in [2.05, 4.69) is 15.5 Å². The molecule has 2 amide bonds. The minimum Gasteiger partial charge on any atom is -0.372 e. The van der Waals surface area contributed by atoms with E-state index in [1.807, 2.05) is 54.6 Å². The normalized spacial score (nSPS) is 12.2. The van der Waals surface area contributed by atoms with Crippen LogP contribution in [0, 0.1) is 0 Å². The van der Waals surface area contributed by atoms with Crippen molar-refractivity contribution in [2.45, 2.75) is 13.0 Å². The molecule has 0 saturated heterocycles. The van der Waals surface area contributed by atoms with Gasteiger partial charge in [-0.15, -0.1) is 0 Å². The Hall–Kier alpha value is -3.45. The lowest BCUT2D eigenvalue weighted by Gasteiger charge is -2.22. The van der Waals surface area contributed by atoms with Crippen molar-refractivity contribution < 1.29 is 14.3 Å². The Balaban J connectivity index is 1.73. The molecule has 2 N–H and O–H groups in total. The highest BCUT2D eigenvalue weighted by Gasteiger charge is 2.15. The second kappa shape index (κ2) is 9.66. The third kappa shape index (κ3) is 5.08. The molecule has 150 valence electrons. The van der Waals surface area contributed by atoms with Crippen molar-refractivity contribution in [3.63, 3.8) is 0 Å². The van der Waals surface area contributed by atoms with E-state index in [0.29, 0.717) is 18.8 Å². The van der Waals surface area contributed by atoms with Crippen LogP contribution in [0.3, 0.4) is 0 Å². The quantitative estimate of drug-likeness (QED) is 0.577. The molecule has 0 radical (unpaired) electrons. The van der Waals surface area contributed by atoms with Crippen molar-refractivity contribution in [3.8, 4) is 0 Å². The molecule has 7 heteroatoms. The highest BCUT2D eigenvalue weighted by Crippen LogP contribution is 2.17. The topological polar surface area (TPSA) is 87.3 Å². The Labute approximate surface area is 169 Å². The molecule has 0 aliphatic carbocycles. The molecule has 0 aliphatic rings. The third-order valence-corrected chi connectivity index (χ3v) is 4.57. The molecular weight excluding hydrogens is 368 g/mol. The van der Waals surface area contributed by atoms with Crippen LogP contribution < -0.4 is 10.2 Å². The number of methoxy groups -OCH3 is 1. The molecule has 0 spiro atoms. The molecule has 0 bridgehead atoms. The lowest BCUT2D eigenvalue weighted by molar-refractivity contribution is -0.130. The summed E-state index contributed by atoms with van der Waals surface area (Å²) in [4.78, 5) is 26.4. The number of nitrogens with zero attached hydrogens (tertiary/aromatic N) is 2. The van der Waals surface area contributed by atoms with Crippen LogP contribution in [-0.2, 0) is 14.3 Å². The lowest BCUT2D eigenvalue weighted by Crippen LogP contribution is -2.41. The number of hydrogen-bond donors (Lipinski definition) is 2. The first-order valence-electron chi connectivity index (χ1n) is 9.38. The van der Waals surface area contributed by atoms with Crippen LogP contribution >= 0.6 is 0 Å². The van der Waals surface area contributed by atoms with E-state index in [0.717, 1.165) is 16.6 Å². The highest BCUT2D eigenvalue weighted by atomic mass is 16.5. The van der Waals surface area contributed by atoms with Crippen molar-refractivity contribution in [2.24, 2.45) is 0 Å². The van der Waals surface area contributed by atoms with E-state index in [1.54, 1.807) is 17.9 Å². The fourth-order valence-corrected chi connectivity index (χ4v) is 2.87. The summed E-state index contributed by atoms with van der Waals surface area (Å²) >= 11 is 0. The molecular formula is C22H24N4O3. The van der Waals surface area contributed by atoms with Crippen LogP contribution in [0.4, 0.5) is 5.69 Å². The zero-order valence-electron chi connectivity index (χ0n) is 16.5. The van der Waals surface area contributed by atoms with Gasteiger partial charge < -0.3 is 15.0 Å². The number of benzene rings is 2. The van der Waals surface area contributed by atoms with Crippen LogP contribution in [0.25, 0.3) is 17.0 Å². The van der Waals surface area contributed by atoms with Gasteiger partial charge in [0.2, 0.25) is 5.91 Å². The number of aromatic amines is 1. The van der Waals surface area contributed by atoms with Gasteiger partial charge in [0.05, 0.1) is 11.2 Å². The van der Waals surface area contributed by atoms with Gasteiger partial charge in [-0.25, -0.2) is 0 Å². The predicted molar refractivity (Wildman–Crippen MR) is 113 cm³/mol. The average Bonchev–Trinajstić information content (AvgIpc) is 3.18. The molecule has 0 aliphatic heterocycles. The zero-order valence-corrected chi connectivity index (χ0v) is 16.5. The van der Waals surface area contributed by atoms with Crippen LogP contribution in [0.2, 0.25) is 0 Å². The SMILES string of the molecule is CO[C@H](C)C(=O)NCCN(C(=O)/C=C/c1n[nH]c2ccccc12)c1ccccc1. The van der Waals surface area contributed by atoms with Gasteiger partial charge in [-0.1, -0.05) is 36.4 Å². The molecule has 0 fully saturated rings. The summed E-state index contributed by atoms with van der Waals surface area (Å²) in [6.45, 7) is 2.31. The summed E-state index contributed by atoms with van der Waals surface area (Å²) in [5, 5.41) is 10.9. The number of H-pyrrole nitrogens is 1.